The van der Waals surface area contributed by atoms with E-state index in [1.54, 1.807) is 0 Å². The smallest absolute Gasteiger partial charge is 0.116 e. The first-order valence-electron chi connectivity index (χ1n) is 6.02. The van der Waals surface area contributed by atoms with Crippen molar-refractivity contribution in [1.29, 1.82) is 0 Å². The van der Waals surface area contributed by atoms with Crippen LogP contribution in [0, 0.1) is 0 Å². The fourth-order valence-corrected chi connectivity index (χ4v) is 2.64. The highest BCUT2D eigenvalue weighted by Crippen LogP contribution is 2.31. The molecule has 0 saturated heterocycles. The molecule has 0 spiro atoms. The molecule has 3 heteroatoms. The molecule has 0 atom stereocenters. The third-order valence-electron chi connectivity index (χ3n) is 3.60. The van der Waals surface area contributed by atoms with Crippen LogP contribution in [0.15, 0.2) is 30.6 Å². The van der Waals surface area contributed by atoms with Crippen LogP contribution >= 0.6 is 0 Å². The molecule has 1 aliphatic rings. The molecular formula is C13H17N3. The van der Waals surface area contributed by atoms with Crippen molar-refractivity contribution in [2.24, 2.45) is 5.73 Å². The number of aromatic nitrogens is 2. The highest BCUT2D eigenvalue weighted by Gasteiger charge is 2.22. The molecule has 84 valence electrons. The molecule has 2 aromatic rings. The van der Waals surface area contributed by atoms with Gasteiger partial charge in [-0.1, -0.05) is 6.07 Å². The van der Waals surface area contributed by atoms with Gasteiger partial charge in [-0.3, -0.25) is 0 Å². The maximum Gasteiger partial charge on any atom is 0.116 e. The van der Waals surface area contributed by atoms with Crippen molar-refractivity contribution in [3.63, 3.8) is 0 Å². The Morgan fingerprint density at radius 1 is 1.19 bits per heavy atom. The summed E-state index contributed by atoms with van der Waals surface area (Å²) in [7, 11) is 0. The summed E-state index contributed by atoms with van der Waals surface area (Å²) in [6, 6.07) is 6.62. The lowest BCUT2D eigenvalue weighted by molar-refractivity contribution is 0.384. The Bertz CT molecular complexity index is 481. The predicted molar refractivity (Wildman–Crippen MR) is 64.4 cm³/mol. The van der Waals surface area contributed by atoms with Gasteiger partial charge >= 0.3 is 0 Å². The first-order chi connectivity index (χ1) is 7.84. The summed E-state index contributed by atoms with van der Waals surface area (Å²) in [6.07, 6.45) is 8.68. The standard InChI is InChI=1S/C13H17N3/c14-11-6-4-10(5-7-11)13-15-9-12-3-1-2-8-16(12)13/h1-3,8-11H,4-7,14H2. The summed E-state index contributed by atoms with van der Waals surface area (Å²) in [4.78, 5) is 4.57. The Morgan fingerprint density at radius 3 is 2.81 bits per heavy atom. The molecule has 3 rings (SSSR count). The summed E-state index contributed by atoms with van der Waals surface area (Å²) in [5.74, 6) is 1.80. The van der Waals surface area contributed by atoms with Crippen molar-refractivity contribution in [3.8, 4) is 0 Å². The van der Waals surface area contributed by atoms with Gasteiger partial charge in [-0.2, -0.15) is 0 Å². The van der Waals surface area contributed by atoms with Crippen LogP contribution in [0.1, 0.15) is 37.4 Å². The molecule has 0 amide bonds. The second-order valence-electron chi connectivity index (χ2n) is 4.72. The number of imidazole rings is 1. The average molecular weight is 215 g/mol. The zero-order chi connectivity index (χ0) is 11.0. The van der Waals surface area contributed by atoms with Gasteiger partial charge < -0.3 is 10.1 Å². The van der Waals surface area contributed by atoms with Crippen molar-refractivity contribution in [1.82, 2.24) is 9.38 Å². The van der Waals surface area contributed by atoms with Gasteiger partial charge in [0.25, 0.3) is 0 Å². The number of pyridine rings is 1. The van der Waals surface area contributed by atoms with Crippen molar-refractivity contribution < 1.29 is 0 Å². The number of rotatable bonds is 1. The number of hydrogen-bond acceptors (Lipinski definition) is 2. The number of nitrogens with two attached hydrogens (primary N) is 1. The third-order valence-corrected chi connectivity index (χ3v) is 3.60. The van der Waals surface area contributed by atoms with Crippen LogP contribution in [0.2, 0.25) is 0 Å². The molecule has 16 heavy (non-hydrogen) atoms. The van der Waals surface area contributed by atoms with E-state index in [0.29, 0.717) is 12.0 Å². The average Bonchev–Trinajstić information content (AvgIpc) is 2.74. The molecule has 3 nitrogen and oxygen atoms in total. The Hall–Kier alpha value is -1.35. The van der Waals surface area contributed by atoms with Gasteiger partial charge in [0.05, 0.1) is 11.7 Å². The largest absolute Gasteiger partial charge is 0.328 e. The number of nitrogens with zero attached hydrogens (tertiary/aromatic N) is 2. The number of fused-ring (bicyclic) bond motifs is 1. The molecule has 0 unspecified atom stereocenters. The quantitative estimate of drug-likeness (QED) is 0.793. The van der Waals surface area contributed by atoms with Gasteiger partial charge in [0, 0.05) is 18.2 Å². The summed E-state index contributed by atoms with van der Waals surface area (Å²) >= 11 is 0. The van der Waals surface area contributed by atoms with Gasteiger partial charge in [0.2, 0.25) is 0 Å². The van der Waals surface area contributed by atoms with E-state index < -0.39 is 0 Å². The summed E-state index contributed by atoms with van der Waals surface area (Å²) in [5, 5.41) is 0. The van der Waals surface area contributed by atoms with Crippen LogP contribution in [0.5, 0.6) is 0 Å². The molecule has 0 aromatic carbocycles. The van der Waals surface area contributed by atoms with E-state index in [2.05, 4.69) is 33.8 Å². The third kappa shape index (κ3) is 1.61. The summed E-state index contributed by atoms with van der Waals surface area (Å²) in [5.41, 5.74) is 7.12. The Labute approximate surface area is 95.3 Å². The van der Waals surface area contributed by atoms with E-state index >= 15 is 0 Å². The highest BCUT2D eigenvalue weighted by atomic mass is 15.0. The minimum absolute atomic E-state index is 0.405. The van der Waals surface area contributed by atoms with E-state index in [4.69, 9.17) is 5.73 Å². The molecular weight excluding hydrogens is 198 g/mol. The highest BCUT2D eigenvalue weighted by molar-refractivity contribution is 5.45. The molecule has 0 aliphatic heterocycles. The van der Waals surface area contributed by atoms with E-state index in [1.165, 1.54) is 24.2 Å². The van der Waals surface area contributed by atoms with Gasteiger partial charge in [0.1, 0.15) is 5.82 Å². The van der Waals surface area contributed by atoms with Crippen LogP contribution in [0.4, 0.5) is 0 Å². The minimum atomic E-state index is 0.405. The van der Waals surface area contributed by atoms with Crippen LogP contribution in [0.25, 0.3) is 5.52 Å². The Balaban J connectivity index is 1.94. The minimum Gasteiger partial charge on any atom is -0.328 e. The molecule has 2 aromatic heterocycles. The topological polar surface area (TPSA) is 43.3 Å². The van der Waals surface area contributed by atoms with Crippen molar-refractivity contribution in [2.45, 2.75) is 37.6 Å². The van der Waals surface area contributed by atoms with Crippen LogP contribution in [-0.2, 0) is 0 Å². The first kappa shape index (κ1) is 9.85. The molecule has 1 saturated carbocycles. The lowest BCUT2D eigenvalue weighted by atomic mass is 9.86. The molecule has 0 bridgehead atoms. The number of hydrogen-bond donors (Lipinski definition) is 1. The van der Waals surface area contributed by atoms with E-state index in [0.717, 1.165) is 12.8 Å². The Kier molecular flexibility index (Phi) is 2.40. The fraction of sp³-hybridized carbons (Fsp3) is 0.462. The second kappa shape index (κ2) is 3.91. The van der Waals surface area contributed by atoms with Gasteiger partial charge in [-0.25, -0.2) is 4.98 Å². The maximum absolute atomic E-state index is 5.94. The van der Waals surface area contributed by atoms with Gasteiger partial charge in [-0.15, -0.1) is 0 Å². The van der Waals surface area contributed by atoms with E-state index in [9.17, 15) is 0 Å². The Morgan fingerprint density at radius 2 is 2.00 bits per heavy atom. The molecule has 1 fully saturated rings. The predicted octanol–water partition coefficient (Wildman–Crippen LogP) is 2.32. The van der Waals surface area contributed by atoms with Crippen LogP contribution in [0.3, 0.4) is 0 Å². The molecule has 0 radical (unpaired) electrons. The summed E-state index contributed by atoms with van der Waals surface area (Å²) in [6.45, 7) is 0. The van der Waals surface area contributed by atoms with Gasteiger partial charge in [0.15, 0.2) is 0 Å². The van der Waals surface area contributed by atoms with Crippen molar-refractivity contribution >= 4 is 5.52 Å². The fourth-order valence-electron chi connectivity index (χ4n) is 2.64. The van der Waals surface area contributed by atoms with Crippen molar-refractivity contribution in [3.05, 3.63) is 36.4 Å². The van der Waals surface area contributed by atoms with E-state index in [1.807, 2.05) is 6.20 Å². The molecule has 1 aliphatic carbocycles. The maximum atomic E-state index is 5.94. The van der Waals surface area contributed by atoms with Crippen molar-refractivity contribution in [2.75, 3.05) is 0 Å². The zero-order valence-corrected chi connectivity index (χ0v) is 9.34. The second-order valence-corrected chi connectivity index (χ2v) is 4.72. The SMILES string of the molecule is NC1CCC(c2ncc3ccccn23)CC1. The zero-order valence-electron chi connectivity index (χ0n) is 9.34. The van der Waals surface area contributed by atoms with Crippen LogP contribution in [-0.4, -0.2) is 15.4 Å². The van der Waals surface area contributed by atoms with E-state index in [-0.39, 0.29) is 0 Å². The monoisotopic (exact) mass is 215 g/mol. The molecule has 2 heterocycles. The molecule has 2 N–H and O–H groups in total. The van der Waals surface area contributed by atoms with Crippen LogP contribution < -0.4 is 5.73 Å². The first-order valence-corrected chi connectivity index (χ1v) is 6.02. The lowest BCUT2D eigenvalue weighted by Crippen LogP contribution is -2.26. The normalized spacial score (nSPS) is 26.1. The lowest BCUT2D eigenvalue weighted by Gasteiger charge is -2.25. The summed E-state index contributed by atoms with van der Waals surface area (Å²) < 4.78 is 2.21. The van der Waals surface area contributed by atoms with Gasteiger partial charge in [-0.05, 0) is 37.8 Å².